The van der Waals surface area contributed by atoms with Crippen LogP contribution in [0.15, 0.2) is 186 Å². The predicted octanol–water partition coefficient (Wildman–Crippen LogP) is 12.8. The third-order valence-electron chi connectivity index (χ3n) is 14.5. The molecule has 7 aromatic rings. The molecular weight excluding hydrogens is 703 g/mol. The van der Waals surface area contributed by atoms with Crippen molar-refractivity contribution < 1.29 is 0 Å². The molecule has 1 unspecified atom stereocenters. The minimum Gasteiger partial charge on any atom is -0.344 e. The summed E-state index contributed by atoms with van der Waals surface area (Å²) < 4.78 is 0. The molecule has 0 radical (unpaired) electrons. The van der Waals surface area contributed by atoms with Crippen molar-refractivity contribution in [3.63, 3.8) is 0 Å². The van der Waals surface area contributed by atoms with E-state index in [4.69, 9.17) is 9.98 Å². The topological polar surface area (TPSA) is 36.8 Å². The molecule has 0 aromatic heterocycles. The van der Waals surface area contributed by atoms with E-state index in [0.29, 0.717) is 0 Å². The van der Waals surface area contributed by atoms with E-state index in [0.717, 1.165) is 28.4 Å². The molecule has 0 spiro atoms. The van der Waals surface area contributed by atoms with Gasteiger partial charge in [0.05, 0.1) is 5.41 Å². The van der Waals surface area contributed by atoms with Gasteiger partial charge in [-0.1, -0.05) is 211 Å². The Hall–Kier alpha value is -6.32. The molecule has 0 saturated carbocycles. The van der Waals surface area contributed by atoms with Gasteiger partial charge >= 0.3 is 0 Å². The maximum Gasteiger partial charge on any atom is 0.160 e. The summed E-state index contributed by atoms with van der Waals surface area (Å²) in [7, 11) is 0. The summed E-state index contributed by atoms with van der Waals surface area (Å²) in [5, 5.41) is 3.76. The van der Waals surface area contributed by atoms with Gasteiger partial charge in [0.2, 0.25) is 0 Å². The summed E-state index contributed by atoms with van der Waals surface area (Å²) >= 11 is 0. The second-order valence-corrected chi connectivity index (χ2v) is 17.8. The molecule has 7 aromatic carbocycles. The molecule has 3 heteroatoms. The molecule has 0 bridgehead atoms. The number of aliphatic imine (C=N–C) groups is 2. The number of fused-ring (bicyclic) bond motifs is 4. The minimum atomic E-state index is -0.507. The number of hydrogen-bond acceptors (Lipinski definition) is 3. The van der Waals surface area contributed by atoms with Crippen LogP contribution in [0.4, 0.5) is 0 Å². The van der Waals surface area contributed by atoms with Gasteiger partial charge in [-0.05, 0) is 83.5 Å². The first-order valence-corrected chi connectivity index (χ1v) is 20.6. The van der Waals surface area contributed by atoms with Crippen molar-refractivity contribution in [2.45, 2.75) is 64.0 Å². The van der Waals surface area contributed by atoms with Gasteiger partial charge in [0.1, 0.15) is 12.0 Å². The van der Waals surface area contributed by atoms with E-state index in [1.165, 1.54) is 55.6 Å². The van der Waals surface area contributed by atoms with Gasteiger partial charge in [-0.25, -0.2) is 9.98 Å². The largest absolute Gasteiger partial charge is 0.344 e. The van der Waals surface area contributed by atoms with Crippen LogP contribution in [0, 0.1) is 5.41 Å². The Balaban J connectivity index is 1.14. The average molecular weight is 752 g/mol. The van der Waals surface area contributed by atoms with E-state index >= 15 is 0 Å². The first kappa shape index (κ1) is 36.0. The molecule has 0 fully saturated rings. The summed E-state index contributed by atoms with van der Waals surface area (Å²) in [4.78, 5) is 10.9. The Morgan fingerprint density at radius 1 is 0.448 bits per heavy atom. The molecule has 58 heavy (non-hydrogen) atoms. The minimum absolute atomic E-state index is 0.0256. The monoisotopic (exact) mass is 751 g/mol. The molecule has 0 saturated heterocycles. The molecule has 2 aliphatic carbocycles. The van der Waals surface area contributed by atoms with Crippen LogP contribution in [0.2, 0.25) is 0 Å². The molecule has 1 heterocycles. The highest BCUT2D eigenvalue weighted by atomic mass is 15.2. The fraction of sp³-hybridized carbons (Fsp3) is 0.200. The molecule has 3 aliphatic rings. The predicted molar refractivity (Wildman–Crippen MR) is 241 cm³/mol. The Labute approximate surface area is 343 Å². The quantitative estimate of drug-likeness (QED) is 0.180. The summed E-state index contributed by atoms with van der Waals surface area (Å²) in [5.74, 6) is 1.53. The van der Waals surface area contributed by atoms with Crippen molar-refractivity contribution in [1.29, 1.82) is 0 Å². The average Bonchev–Trinajstić information content (AvgIpc) is 3.63. The van der Waals surface area contributed by atoms with Gasteiger partial charge in [0.25, 0.3) is 0 Å². The van der Waals surface area contributed by atoms with Crippen LogP contribution in [0.5, 0.6) is 0 Å². The second kappa shape index (κ2) is 13.1. The zero-order valence-electron chi connectivity index (χ0n) is 34.2. The van der Waals surface area contributed by atoms with Crippen LogP contribution in [-0.4, -0.2) is 11.7 Å². The third-order valence-corrected chi connectivity index (χ3v) is 14.5. The van der Waals surface area contributed by atoms with Crippen molar-refractivity contribution in [1.82, 2.24) is 5.32 Å². The van der Waals surface area contributed by atoms with Crippen molar-refractivity contribution in [3.8, 4) is 22.3 Å². The summed E-state index contributed by atoms with van der Waals surface area (Å²) in [6, 6.07) is 64.0. The van der Waals surface area contributed by atoms with Crippen molar-refractivity contribution in [2.75, 3.05) is 0 Å². The van der Waals surface area contributed by atoms with Crippen LogP contribution >= 0.6 is 0 Å². The van der Waals surface area contributed by atoms with Crippen molar-refractivity contribution >= 4 is 11.7 Å². The van der Waals surface area contributed by atoms with Gasteiger partial charge in [0.15, 0.2) is 5.84 Å². The maximum atomic E-state index is 5.51. The van der Waals surface area contributed by atoms with Gasteiger partial charge in [-0.15, -0.1) is 0 Å². The van der Waals surface area contributed by atoms with Crippen molar-refractivity contribution in [2.24, 2.45) is 15.4 Å². The molecule has 3 nitrogen and oxygen atoms in total. The van der Waals surface area contributed by atoms with Crippen LogP contribution in [0.1, 0.15) is 97.8 Å². The number of nitrogens with one attached hydrogen (secondary N) is 1. The standard InChI is InChI=1S/C55H49N3/c1-52(2)45-33-32-38(35-47(45)53(3,4)54(52,5)6)37-22-18-23-39(34-37)50-56-49(36-20-10-7-11-21-36)57-51(58-50)43-29-19-31-46-48(43)42-28-16-17-30-44(42)55(46,40-24-12-8-13-25-40)41-26-14-9-15-27-41/h7-35,50H,1-6H3,(H,56,57,58). The zero-order chi connectivity index (χ0) is 39.9. The van der Waals surface area contributed by atoms with Crippen LogP contribution < -0.4 is 5.32 Å². The van der Waals surface area contributed by atoms with Crippen LogP contribution in [0.25, 0.3) is 22.3 Å². The SMILES string of the molecule is CC1(C)c2ccc(-c3cccc(C4N=C(c5cccc6c5-c5ccccc5C6(c5ccccc5)c5ccccc5)N=C(c5ccccc5)N4)c3)cc2C(C)(C)C1(C)C. The Bertz CT molecular complexity index is 2730. The van der Waals surface area contributed by atoms with Gasteiger partial charge in [-0.2, -0.15) is 0 Å². The fourth-order valence-corrected chi connectivity index (χ4v) is 10.3. The molecule has 10 rings (SSSR count). The first-order valence-electron chi connectivity index (χ1n) is 20.6. The Morgan fingerprint density at radius 3 is 1.71 bits per heavy atom. The molecule has 1 atom stereocenters. The molecule has 0 amide bonds. The summed E-state index contributed by atoms with van der Waals surface area (Å²) in [6.45, 7) is 14.5. The smallest absolute Gasteiger partial charge is 0.160 e. The molecular formula is C55H49N3. The van der Waals surface area contributed by atoms with Gasteiger partial charge in [0, 0.05) is 11.1 Å². The highest BCUT2D eigenvalue weighted by Gasteiger charge is 2.56. The Morgan fingerprint density at radius 2 is 1.00 bits per heavy atom. The summed E-state index contributed by atoms with van der Waals surface area (Å²) in [6.07, 6.45) is -0.355. The number of nitrogens with zero attached hydrogens (tertiary/aromatic N) is 2. The lowest BCUT2D eigenvalue weighted by molar-refractivity contribution is 0.125. The van der Waals surface area contributed by atoms with E-state index in [2.05, 4.69) is 223 Å². The van der Waals surface area contributed by atoms with E-state index in [1.807, 2.05) is 0 Å². The highest BCUT2D eigenvalue weighted by molar-refractivity contribution is 6.16. The van der Waals surface area contributed by atoms with Crippen LogP contribution in [-0.2, 0) is 16.2 Å². The van der Waals surface area contributed by atoms with E-state index in [9.17, 15) is 0 Å². The lowest BCUT2D eigenvalue weighted by atomic mass is 9.59. The lowest BCUT2D eigenvalue weighted by Crippen LogP contribution is -2.42. The summed E-state index contributed by atoms with van der Waals surface area (Å²) in [5.41, 5.74) is 15.5. The van der Waals surface area contributed by atoms with E-state index in [-0.39, 0.29) is 22.4 Å². The molecule has 1 aliphatic heterocycles. The van der Waals surface area contributed by atoms with E-state index < -0.39 is 5.41 Å². The van der Waals surface area contributed by atoms with Gasteiger partial charge in [-0.3, -0.25) is 0 Å². The third kappa shape index (κ3) is 5.12. The normalized spacial score (nSPS) is 18.9. The number of rotatable bonds is 6. The second-order valence-electron chi connectivity index (χ2n) is 17.8. The van der Waals surface area contributed by atoms with Crippen molar-refractivity contribution in [3.05, 3.63) is 226 Å². The zero-order valence-corrected chi connectivity index (χ0v) is 34.2. The lowest BCUT2D eigenvalue weighted by Gasteiger charge is -2.44. The van der Waals surface area contributed by atoms with Gasteiger partial charge < -0.3 is 5.32 Å². The maximum absolute atomic E-state index is 5.51. The van der Waals surface area contributed by atoms with E-state index in [1.54, 1.807) is 0 Å². The molecule has 1 N–H and O–H groups in total. The number of amidine groups is 2. The molecule has 284 valence electrons. The highest BCUT2D eigenvalue weighted by Crippen LogP contribution is 2.62. The Kier molecular flexibility index (Phi) is 8.15. The number of hydrogen-bond donors (Lipinski definition) is 1. The fourth-order valence-electron chi connectivity index (χ4n) is 10.3. The van der Waals surface area contributed by atoms with Crippen LogP contribution in [0.3, 0.4) is 0 Å². The number of benzene rings is 7. The first-order chi connectivity index (χ1) is 28.0.